The maximum Gasteiger partial charge on any atom is 0.219 e. The van der Waals surface area contributed by atoms with Crippen molar-refractivity contribution in [2.75, 3.05) is 5.73 Å². The average molecular weight is 257 g/mol. The predicted octanol–water partition coefficient (Wildman–Crippen LogP) is 2.73. The predicted molar refractivity (Wildman–Crippen MR) is 75.5 cm³/mol. The molecule has 0 fully saturated rings. The molecule has 0 saturated carbocycles. The molecule has 0 saturated heterocycles. The van der Waals surface area contributed by atoms with Crippen LogP contribution < -0.4 is 5.73 Å². The molecule has 5 nitrogen and oxygen atoms in total. The van der Waals surface area contributed by atoms with Gasteiger partial charge < -0.3 is 5.73 Å². The molecule has 0 spiro atoms. The van der Waals surface area contributed by atoms with Gasteiger partial charge in [0, 0.05) is 29.6 Å². The van der Waals surface area contributed by atoms with Crippen LogP contribution in [0.5, 0.6) is 0 Å². The van der Waals surface area contributed by atoms with Gasteiger partial charge in [-0.2, -0.15) is 0 Å². The lowest BCUT2D eigenvalue weighted by Gasteiger charge is -2.11. The Balaban J connectivity index is 2.38. The summed E-state index contributed by atoms with van der Waals surface area (Å²) in [5.41, 5.74) is 8.17. The van der Waals surface area contributed by atoms with Gasteiger partial charge in [-0.05, 0) is 19.4 Å². The first-order valence-corrected chi connectivity index (χ1v) is 6.53. The highest BCUT2D eigenvalue weighted by atomic mass is 15.0. The van der Waals surface area contributed by atoms with Gasteiger partial charge in [0.1, 0.15) is 5.82 Å². The Kier molecular flexibility index (Phi) is 4.04. The van der Waals surface area contributed by atoms with E-state index < -0.39 is 0 Å². The van der Waals surface area contributed by atoms with E-state index in [4.69, 9.17) is 5.73 Å². The number of anilines is 1. The number of rotatable bonds is 4. The van der Waals surface area contributed by atoms with Crippen LogP contribution in [0.2, 0.25) is 0 Å². The number of hydrogen-bond acceptors (Lipinski definition) is 5. The van der Waals surface area contributed by atoms with Crippen molar-refractivity contribution >= 4 is 5.95 Å². The third kappa shape index (κ3) is 3.24. The van der Waals surface area contributed by atoms with Crippen LogP contribution in [0.4, 0.5) is 5.95 Å². The molecular formula is C14H19N5. The summed E-state index contributed by atoms with van der Waals surface area (Å²) in [5, 5.41) is 0. The highest BCUT2D eigenvalue weighted by Gasteiger charge is 2.11. The van der Waals surface area contributed by atoms with Crippen molar-refractivity contribution in [1.82, 2.24) is 19.9 Å². The zero-order valence-corrected chi connectivity index (χ0v) is 11.6. The van der Waals surface area contributed by atoms with Crippen LogP contribution >= 0.6 is 0 Å². The molecule has 1 unspecified atom stereocenters. The molecule has 2 heterocycles. The Morgan fingerprint density at radius 3 is 2.53 bits per heavy atom. The quantitative estimate of drug-likeness (QED) is 0.911. The van der Waals surface area contributed by atoms with Crippen LogP contribution in [0.3, 0.4) is 0 Å². The Bertz CT molecular complexity index is 550. The largest absolute Gasteiger partial charge is 0.368 e. The van der Waals surface area contributed by atoms with E-state index in [9.17, 15) is 0 Å². The van der Waals surface area contributed by atoms with Gasteiger partial charge >= 0.3 is 0 Å². The van der Waals surface area contributed by atoms with Gasteiger partial charge in [0.05, 0.1) is 5.69 Å². The summed E-state index contributed by atoms with van der Waals surface area (Å²) in [6, 6.07) is 1.94. The number of aryl methyl sites for hydroxylation is 1. The number of aromatic nitrogens is 4. The molecule has 0 aliphatic carbocycles. The summed E-state index contributed by atoms with van der Waals surface area (Å²) in [5.74, 6) is 1.51. The highest BCUT2D eigenvalue weighted by Crippen LogP contribution is 2.22. The van der Waals surface area contributed by atoms with Crippen LogP contribution in [0.25, 0.3) is 11.3 Å². The van der Waals surface area contributed by atoms with Gasteiger partial charge in [0.2, 0.25) is 5.95 Å². The van der Waals surface area contributed by atoms with Crippen LogP contribution in [-0.4, -0.2) is 19.9 Å². The van der Waals surface area contributed by atoms with Crippen molar-refractivity contribution in [3.8, 4) is 11.3 Å². The van der Waals surface area contributed by atoms with Crippen LogP contribution in [0, 0.1) is 6.92 Å². The van der Waals surface area contributed by atoms with Crippen LogP contribution in [0.1, 0.15) is 44.1 Å². The zero-order valence-electron chi connectivity index (χ0n) is 11.6. The molecule has 2 rings (SSSR count). The smallest absolute Gasteiger partial charge is 0.219 e. The molecule has 0 aromatic carbocycles. The van der Waals surface area contributed by atoms with Gasteiger partial charge in [-0.25, -0.2) is 19.9 Å². The van der Waals surface area contributed by atoms with Crippen LogP contribution in [0.15, 0.2) is 18.5 Å². The van der Waals surface area contributed by atoms with E-state index in [0.717, 1.165) is 35.6 Å². The molecule has 100 valence electrons. The number of nitrogen functional groups attached to an aromatic ring is 1. The first-order chi connectivity index (χ1) is 9.10. The normalized spacial score (nSPS) is 12.4. The van der Waals surface area contributed by atoms with Gasteiger partial charge in [0.25, 0.3) is 0 Å². The van der Waals surface area contributed by atoms with Gasteiger partial charge in [-0.15, -0.1) is 0 Å². The molecule has 19 heavy (non-hydrogen) atoms. The summed E-state index contributed by atoms with van der Waals surface area (Å²) in [6.07, 6.45) is 5.59. The fourth-order valence-electron chi connectivity index (χ4n) is 1.99. The second-order valence-electron chi connectivity index (χ2n) is 4.77. The topological polar surface area (TPSA) is 77.6 Å². The third-order valence-corrected chi connectivity index (χ3v) is 3.00. The fraction of sp³-hybridized carbons (Fsp3) is 0.429. The highest BCUT2D eigenvalue weighted by molar-refractivity contribution is 5.57. The summed E-state index contributed by atoms with van der Waals surface area (Å²) in [6.45, 7) is 6.30. The second kappa shape index (κ2) is 5.73. The average Bonchev–Trinajstić information content (AvgIpc) is 2.39. The van der Waals surface area contributed by atoms with Crippen molar-refractivity contribution in [3.63, 3.8) is 0 Å². The van der Waals surface area contributed by atoms with E-state index >= 15 is 0 Å². The summed E-state index contributed by atoms with van der Waals surface area (Å²) >= 11 is 0. The van der Waals surface area contributed by atoms with Gasteiger partial charge in [-0.3, -0.25) is 0 Å². The second-order valence-corrected chi connectivity index (χ2v) is 4.77. The lowest BCUT2D eigenvalue weighted by atomic mass is 10.0. The zero-order chi connectivity index (χ0) is 13.8. The standard InChI is InChI=1S/C14H19N5/c1-4-5-9(2)13-18-10(3)6-12(19-13)11-7-16-14(15)17-8-11/h6-9H,4-5H2,1-3H3,(H2,15,16,17). The third-order valence-electron chi connectivity index (χ3n) is 3.00. The Morgan fingerprint density at radius 2 is 1.89 bits per heavy atom. The first kappa shape index (κ1) is 13.4. The number of nitrogens with zero attached hydrogens (tertiary/aromatic N) is 4. The molecule has 0 aliphatic rings. The maximum atomic E-state index is 5.50. The molecule has 2 N–H and O–H groups in total. The molecule has 0 aliphatic heterocycles. The molecular weight excluding hydrogens is 238 g/mol. The van der Waals surface area contributed by atoms with E-state index in [2.05, 4.69) is 33.8 Å². The summed E-state index contributed by atoms with van der Waals surface area (Å²) < 4.78 is 0. The number of hydrogen-bond donors (Lipinski definition) is 1. The minimum atomic E-state index is 0.272. The fourth-order valence-corrected chi connectivity index (χ4v) is 1.99. The van der Waals surface area contributed by atoms with Crippen molar-refractivity contribution in [1.29, 1.82) is 0 Å². The lowest BCUT2D eigenvalue weighted by Crippen LogP contribution is -2.04. The summed E-state index contributed by atoms with van der Waals surface area (Å²) in [7, 11) is 0. The minimum Gasteiger partial charge on any atom is -0.368 e. The van der Waals surface area contributed by atoms with Gasteiger partial charge in [0.15, 0.2) is 0 Å². The van der Waals surface area contributed by atoms with Crippen molar-refractivity contribution < 1.29 is 0 Å². The SMILES string of the molecule is CCCC(C)c1nc(C)cc(-c2cnc(N)nc2)n1. The molecule has 0 radical (unpaired) electrons. The van der Waals surface area contributed by atoms with E-state index in [1.54, 1.807) is 12.4 Å². The van der Waals surface area contributed by atoms with E-state index in [0.29, 0.717) is 5.92 Å². The van der Waals surface area contributed by atoms with E-state index in [1.807, 2.05) is 13.0 Å². The van der Waals surface area contributed by atoms with E-state index in [1.165, 1.54) is 0 Å². The maximum absolute atomic E-state index is 5.50. The minimum absolute atomic E-state index is 0.272. The Hall–Kier alpha value is -2.04. The lowest BCUT2D eigenvalue weighted by molar-refractivity contribution is 0.625. The Morgan fingerprint density at radius 1 is 1.21 bits per heavy atom. The number of nitrogens with two attached hydrogens (primary N) is 1. The molecule has 1 atom stereocenters. The molecule has 0 amide bonds. The molecule has 0 bridgehead atoms. The van der Waals surface area contributed by atoms with Gasteiger partial charge in [-0.1, -0.05) is 20.3 Å². The van der Waals surface area contributed by atoms with Crippen molar-refractivity contribution in [2.45, 2.75) is 39.5 Å². The monoisotopic (exact) mass is 257 g/mol. The van der Waals surface area contributed by atoms with Crippen molar-refractivity contribution in [2.24, 2.45) is 0 Å². The molecule has 2 aromatic rings. The summed E-state index contributed by atoms with van der Waals surface area (Å²) in [4.78, 5) is 17.1. The van der Waals surface area contributed by atoms with Crippen LogP contribution in [-0.2, 0) is 0 Å². The molecule has 2 aromatic heterocycles. The van der Waals surface area contributed by atoms with E-state index in [-0.39, 0.29) is 5.95 Å². The molecule has 5 heteroatoms. The first-order valence-electron chi connectivity index (χ1n) is 6.53. The van der Waals surface area contributed by atoms with Crippen molar-refractivity contribution in [3.05, 3.63) is 30.0 Å². The Labute approximate surface area is 113 Å².